The Balaban J connectivity index is 2.76. The van der Waals surface area contributed by atoms with Crippen LogP contribution in [0.2, 0.25) is 16.6 Å². The van der Waals surface area contributed by atoms with Crippen molar-refractivity contribution < 1.29 is 0 Å². The van der Waals surface area contributed by atoms with Crippen molar-refractivity contribution in [3.63, 3.8) is 0 Å². The number of rotatable bonds is 5. The zero-order chi connectivity index (χ0) is 15.8. The maximum Gasteiger partial charge on any atom is 0.169 e. The average Bonchev–Trinajstić information content (AvgIpc) is 2.81. The fourth-order valence-electron chi connectivity index (χ4n) is 4.57. The molecule has 1 nitrogen and oxygen atoms in total. The lowest BCUT2D eigenvalue weighted by Crippen LogP contribution is -2.51. The van der Waals surface area contributed by atoms with Gasteiger partial charge in [0.25, 0.3) is 0 Å². The minimum atomic E-state index is -1.63. The van der Waals surface area contributed by atoms with E-state index in [-0.39, 0.29) is 0 Å². The third kappa shape index (κ3) is 2.48. The van der Waals surface area contributed by atoms with Crippen LogP contribution in [0.15, 0.2) is 30.5 Å². The van der Waals surface area contributed by atoms with E-state index in [1.165, 1.54) is 16.5 Å². The Hall–Kier alpha value is -1.02. The first-order valence-electron chi connectivity index (χ1n) is 8.46. The van der Waals surface area contributed by atoms with Crippen LogP contribution in [0.4, 0.5) is 0 Å². The molecule has 1 aromatic carbocycles. The summed E-state index contributed by atoms with van der Waals surface area (Å²) < 4.78 is 2.71. The summed E-state index contributed by atoms with van der Waals surface area (Å²) in [4.78, 5) is 0. The fraction of sp³-hybridized carbons (Fsp3) is 0.579. The second kappa shape index (κ2) is 6.00. The highest BCUT2D eigenvalue weighted by Gasteiger charge is 2.45. The molecule has 21 heavy (non-hydrogen) atoms. The van der Waals surface area contributed by atoms with Gasteiger partial charge in [-0.3, -0.25) is 0 Å². The van der Waals surface area contributed by atoms with Crippen molar-refractivity contribution in [2.24, 2.45) is 0 Å². The Morgan fingerprint density at radius 3 is 1.95 bits per heavy atom. The van der Waals surface area contributed by atoms with Crippen LogP contribution in [-0.2, 0) is 6.42 Å². The zero-order valence-corrected chi connectivity index (χ0v) is 15.8. The Bertz CT molecular complexity index is 585. The van der Waals surface area contributed by atoms with Crippen LogP contribution in [0, 0.1) is 0 Å². The quantitative estimate of drug-likeness (QED) is 0.577. The predicted molar refractivity (Wildman–Crippen MR) is 97.8 cm³/mol. The molecule has 0 atom stereocenters. The molecule has 0 aliphatic heterocycles. The van der Waals surface area contributed by atoms with Crippen LogP contribution in [0.25, 0.3) is 10.9 Å². The molecule has 0 saturated heterocycles. The molecule has 0 aliphatic rings. The highest BCUT2D eigenvalue weighted by molar-refractivity contribution is 6.82. The molecule has 0 fully saturated rings. The third-order valence-corrected chi connectivity index (χ3v) is 12.1. The van der Waals surface area contributed by atoms with E-state index in [0.717, 1.165) is 23.0 Å². The van der Waals surface area contributed by atoms with E-state index in [0.29, 0.717) is 0 Å². The monoisotopic (exact) mass is 301 g/mol. The number of fused-ring (bicyclic) bond motifs is 1. The highest BCUT2D eigenvalue weighted by Crippen LogP contribution is 2.44. The molecule has 0 spiro atoms. The predicted octanol–water partition coefficient (Wildman–Crippen LogP) is 6.23. The van der Waals surface area contributed by atoms with Crippen molar-refractivity contribution in [2.45, 2.75) is 71.5 Å². The van der Waals surface area contributed by atoms with Gasteiger partial charge in [-0.05, 0) is 52.3 Å². The normalized spacial score (nSPS) is 13.0. The minimum Gasteiger partial charge on any atom is -0.373 e. The molecule has 0 N–H and O–H groups in total. The summed E-state index contributed by atoms with van der Waals surface area (Å²) in [6.07, 6.45) is 3.48. The summed E-state index contributed by atoms with van der Waals surface area (Å²) in [6, 6.07) is 9.30. The first-order chi connectivity index (χ1) is 9.85. The Labute approximate surface area is 131 Å². The van der Waals surface area contributed by atoms with Gasteiger partial charge in [0.15, 0.2) is 8.24 Å². The molecule has 1 heterocycles. The smallest absolute Gasteiger partial charge is 0.169 e. The Kier molecular flexibility index (Phi) is 4.67. The molecule has 0 bridgehead atoms. The maximum absolute atomic E-state index is 2.71. The van der Waals surface area contributed by atoms with E-state index in [9.17, 15) is 0 Å². The lowest BCUT2D eigenvalue weighted by molar-refractivity contribution is 0.773. The van der Waals surface area contributed by atoms with Crippen molar-refractivity contribution in [1.29, 1.82) is 0 Å². The van der Waals surface area contributed by atoms with Gasteiger partial charge < -0.3 is 4.23 Å². The second-order valence-electron chi connectivity index (χ2n) is 7.28. The van der Waals surface area contributed by atoms with Gasteiger partial charge in [0, 0.05) is 5.52 Å². The number of aryl methyl sites for hydroxylation is 1. The molecule has 0 aliphatic carbocycles. The van der Waals surface area contributed by atoms with E-state index in [1.54, 1.807) is 0 Å². The summed E-state index contributed by atoms with van der Waals surface area (Å²) in [6.45, 7) is 16.8. The largest absolute Gasteiger partial charge is 0.373 e. The molecule has 0 amide bonds. The summed E-state index contributed by atoms with van der Waals surface area (Å²) in [5.41, 5.74) is 5.11. The van der Waals surface area contributed by atoms with Crippen LogP contribution < -0.4 is 0 Å². The van der Waals surface area contributed by atoms with E-state index in [1.807, 2.05) is 0 Å². The van der Waals surface area contributed by atoms with Crippen molar-refractivity contribution in [2.75, 3.05) is 0 Å². The van der Waals surface area contributed by atoms with Gasteiger partial charge in [0.1, 0.15) is 0 Å². The number of benzene rings is 1. The molecule has 0 saturated carbocycles. The number of hydrogen-bond donors (Lipinski definition) is 0. The van der Waals surface area contributed by atoms with Crippen LogP contribution in [0.1, 0.15) is 54.0 Å². The highest BCUT2D eigenvalue weighted by atomic mass is 28.3. The summed E-state index contributed by atoms with van der Waals surface area (Å²) in [5.74, 6) is 0. The summed E-state index contributed by atoms with van der Waals surface area (Å²) in [7, 11) is -1.63. The fourth-order valence-corrected chi connectivity index (χ4v) is 11.2. The Morgan fingerprint density at radius 2 is 1.48 bits per heavy atom. The zero-order valence-electron chi connectivity index (χ0n) is 14.8. The summed E-state index contributed by atoms with van der Waals surface area (Å²) >= 11 is 0. The molecule has 2 heteroatoms. The number of aromatic nitrogens is 1. The van der Waals surface area contributed by atoms with E-state index >= 15 is 0 Å². The van der Waals surface area contributed by atoms with Gasteiger partial charge in [-0.1, -0.05) is 60.6 Å². The van der Waals surface area contributed by atoms with Crippen LogP contribution >= 0.6 is 0 Å². The van der Waals surface area contributed by atoms with Crippen molar-refractivity contribution in [3.8, 4) is 0 Å². The SMILES string of the molecule is CCc1ccc2ccn([Si](C(C)C)(C(C)C)C(C)C)c2c1. The minimum absolute atomic E-state index is 0.735. The van der Waals surface area contributed by atoms with E-state index in [4.69, 9.17) is 0 Å². The molecule has 0 radical (unpaired) electrons. The lowest BCUT2D eigenvalue weighted by Gasteiger charge is -2.44. The third-order valence-electron chi connectivity index (χ3n) is 5.36. The van der Waals surface area contributed by atoms with Gasteiger partial charge >= 0.3 is 0 Å². The second-order valence-corrected chi connectivity index (χ2v) is 13.0. The van der Waals surface area contributed by atoms with Gasteiger partial charge in [-0.2, -0.15) is 0 Å². The summed E-state index contributed by atoms with van der Waals surface area (Å²) in [5, 5.41) is 1.39. The molecule has 116 valence electrons. The maximum atomic E-state index is 2.71. The van der Waals surface area contributed by atoms with E-state index < -0.39 is 8.24 Å². The Morgan fingerprint density at radius 1 is 0.905 bits per heavy atom. The van der Waals surface area contributed by atoms with Crippen molar-refractivity contribution in [1.82, 2.24) is 4.23 Å². The van der Waals surface area contributed by atoms with Gasteiger partial charge in [0.2, 0.25) is 0 Å². The van der Waals surface area contributed by atoms with Gasteiger partial charge in [-0.25, -0.2) is 0 Å². The van der Waals surface area contributed by atoms with Gasteiger partial charge in [-0.15, -0.1) is 0 Å². The van der Waals surface area contributed by atoms with Crippen LogP contribution in [0.3, 0.4) is 0 Å². The first-order valence-corrected chi connectivity index (χ1v) is 10.6. The standard InChI is InChI=1S/C19H31NSi/c1-8-17-9-10-18-11-12-20(19(18)13-17)21(14(2)3,15(4)5)16(6)7/h9-16H,8H2,1-7H3. The van der Waals surface area contributed by atoms with Gasteiger partial charge in [0.05, 0.1) is 0 Å². The molecule has 1 aromatic heterocycles. The number of nitrogens with zero attached hydrogens (tertiary/aromatic N) is 1. The number of hydrogen-bond acceptors (Lipinski definition) is 0. The molecule has 2 rings (SSSR count). The van der Waals surface area contributed by atoms with Crippen LogP contribution in [-0.4, -0.2) is 12.5 Å². The van der Waals surface area contributed by atoms with Crippen molar-refractivity contribution >= 4 is 19.1 Å². The lowest BCUT2D eigenvalue weighted by atomic mass is 10.1. The molecular weight excluding hydrogens is 270 g/mol. The van der Waals surface area contributed by atoms with Crippen molar-refractivity contribution in [3.05, 3.63) is 36.0 Å². The molecular formula is C19H31NSi. The van der Waals surface area contributed by atoms with Crippen LogP contribution in [0.5, 0.6) is 0 Å². The van der Waals surface area contributed by atoms with E-state index in [2.05, 4.69) is 83.2 Å². The first kappa shape index (κ1) is 16.3. The molecule has 2 aromatic rings. The molecule has 0 unspecified atom stereocenters. The average molecular weight is 302 g/mol. The topological polar surface area (TPSA) is 4.93 Å².